The lowest BCUT2D eigenvalue weighted by Crippen LogP contribution is -2.45. The van der Waals surface area contributed by atoms with Crippen molar-refractivity contribution in [2.75, 3.05) is 58.5 Å². The molecule has 7 N–H and O–H groups in total. The number of nitrogens with two attached hydrogens (primary N) is 1. The highest BCUT2D eigenvalue weighted by Gasteiger charge is 2.50. The molecule has 3 aromatic rings. The monoisotopic (exact) mass is 1010 g/mol. The topological polar surface area (TPSA) is 326 Å². The first-order chi connectivity index (χ1) is 34.6. The number of nitro groups is 1. The summed E-state index contributed by atoms with van der Waals surface area (Å²) in [6, 6.07) is 9.73. The highest BCUT2D eigenvalue weighted by atomic mass is 16.7. The van der Waals surface area contributed by atoms with E-state index in [2.05, 4.69) is 36.9 Å². The maximum Gasteiger partial charge on any atom is 0.514 e. The Hall–Kier alpha value is -7.21. The number of amides is 6. The van der Waals surface area contributed by atoms with Crippen LogP contribution >= 0.6 is 0 Å². The molecule has 24 heteroatoms. The van der Waals surface area contributed by atoms with Crippen molar-refractivity contribution >= 4 is 53.2 Å². The summed E-state index contributed by atoms with van der Waals surface area (Å²) in [6.07, 6.45) is 2.49. The summed E-state index contributed by atoms with van der Waals surface area (Å²) < 4.78 is 28.7. The third-order valence-electron chi connectivity index (χ3n) is 12.5. The molecule has 0 radical (unpaired) electrons. The number of benzene rings is 2. The number of aromatic nitrogens is 3. The van der Waals surface area contributed by atoms with Crippen molar-refractivity contribution in [3.8, 4) is 5.75 Å². The lowest BCUT2D eigenvalue weighted by Gasteiger charge is -2.24. The number of hydrogen-bond donors (Lipinski definition) is 6. The summed E-state index contributed by atoms with van der Waals surface area (Å²) in [7, 11) is 1.56. The molecule has 0 aliphatic heterocycles. The van der Waals surface area contributed by atoms with Gasteiger partial charge in [-0.2, -0.15) is 0 Å². The van der Waals surface area contributed by atoms with Crippen molar-refractivity contribution in [3.63, 3.8) is 0 Å². The van der Waals surface area contributed by atoms with Gasteiger partial charge >= 0.3 is 18.3 Å². The van der Waals surface area contributed by atoms with Crippen molar-refractivity contribution in [3.05, 3.63) is 75.6 Å². The normalized spacial score (nSPS) is 16.5. The number of non-ortho nitro benzene ring substituents is 1. The van der Waals surface area contributed by atoms with Gasteiger partial charge < -0.3 is 56.0 Å². The number of carbonyl (C=O) groups excluding carboxylic acids is 7. The molecule has 0 spiro atoms. The molecular formula is C48H66N10O14. The molecule has 0 bridgehead atoms. The van der Waals surface area contributed by atoms with Gasteiger partial charge in [0.2, 0.25) is 17.7 Å². The third-order valence-corrected chi connectivity index (χ3v) is 12.5. The van der Waals surface area contributed by atoms with Crippen molar-refractivity contribution < 1.29 is 62.2 Å². The van der Waals surface area contributed by atoms with E-state index in [-0.39, 0.29) is 113 Å². The van der Waals surface area contributed by atoms with Crippen molar-refractivity contribution in [2.24, 2.45) is 35.3 Å². The van der Waals surface area contributed by atoms with Crippen LogP contribution in [0.25, 0.3) is 0 Å². The minimum atomic E-state index is -1.02. The van der Waals surface area contributed by atoms with Crippen LogP contribution in [-0.4, -0.2) is 121 Å². The number of nitro benzene ring substituents is 1. The Morgan fingerprint density at radius 3 is 2.24 bits per heavy atom. The Labute approximate surface area is 416 Å². The zero-order chi connectivity index (χ0) is 52.0. The second-order valence-corrected chi connectivity index (χ2v) is 17.9. The zero-order valence-corrected chi connectivity index (χ0v) is 40.9. The first kappa shape index (κ1) is 55.7. The van der Waals surface area contributed by atoms with Crippen LogP contribution in [0.15, 0.2) is 48.5 Å². The number of alkyl carbamates (subject to hydrolysis) is 1. The molecule has 24 nitrogen and oxygen atoms in total. The summed E-state index contributed by atoms with van der Waals surface area (Å²) in [6.45, 7) is 5.61. The summed E-state index contributed by atoms with van der Waals surface area (Å²) in [4.78, 5) is 97.7. The van der Waals surface area contributed by atoms with Crippen LogP contribution in [0.3, 0.4) is 0 Å². The smallest absolute Gasteiger partial charge is 0.449 e. The molecule has 0 saturated heterocycles. The molecule has 1 fully saturated rings. The second kappa shape index (κ2) is 28.6. The van der Waals surface area contributed by atoms with Gasteiger partial charge in [0, 0.05) is 63.1 Å². The Balaban J connectivity index is 1.01. The van der Waals surface area contributed by atoms with Gasteiger partial charge in [0.25, 0.3) is 5.69 Å². The lowest BCUT2D eigenvalue weighted by atomic mass is 9.89. The van der Waals surface area contributed by atoms with Gasteiger partial charge in [-0.1, -0.05) is 31.2 Å². The lowest BCUT2D eigenvalue weighted by molar-refractivity contribution is -0.384. The molecule has 3 unspecified atom stereocenters. The van der Waals surface area contributed by atoms with Crippen molar-refractivity contribution in [2.45, 2.75) is 90.8 Å². The average molecular weight is 1010 g/mol. The fourth-order valence-electron chi connectivity index (χ4n) is 8.46. The molecular weight excluding hydrogens is 941 g/mol. The average Bonchev–Trinajstić information content (AvgIpc) is 3.86. The van der Waals surface area contributed by atoms with E-state index < -0.39 is 41.1 Å². The number of nitrogens with zero attached hydrogens (tertiary/aromatic N) is 4. The van der Waals surface area contributed by atoms with E-state index in [9.17, 15) is 43.7 Å². The summed E-state index contributed by atoms with van der Waals surface area (Å²) in [5.41, 5.74) is 8.02. The van der Waals surface area contributed by atoms with Crippen LogP contribution in [0, 0.1) is 39.7 Å². The fourth-order valence-corrected chi connectivity index (χ4v) is 8.46. The Kier molecular flexibility index (Phi) is 22.1. The van der Waals surface area contributed by atoms with Gasteiger partial charge in [-0.05, 0) is 92.0 Å². The first-order valence-electron chi connectivity index (χ1n) is 24.1. The number of Topliss-reactive ketones (excluding diaryl/α,β-unsaturated/α-hetero) is 1. The minimum Gasteiger partial charge on any atom is -0.449 e. The van der Waals surface area contributed by atoms with E-state index in [1.165, 1.54) is 24.3 Å². The van der Waals surface area contributed by atoms with Crippen LogP contribution in [0.2, 0.25) is 0 Å². The van der Waals surface area contributed by atoms with Crippen molar-refractivity contribution in [1.82, 2.24) is 36.3 Å². The third kappa shape index (κ3) is 18.5. The van der Waals surface area contributed by atoms with Crippen LogP contribution in [0.5, 0.6) is 5.75 Å². The van der Waals surface area contributed by atoms with E-state index in [1.54, 1.807) is 45.2 Å². The van der Waals surface area contributed by atoms with E-state index in [0.717, 1.165) is 37.1 Å². The molecule has 2 aliphatic rings. The summed E-state index contributed by atoms with van der Waals surface area (Å²) >= 11 is 0. The minimum absolute atomic E-state index is 0.00582. The van der Waals surface area contributed by atoms with Crippen LogP contribution < -0.4 is 37.1 Å². The van der Waals surface area contributed by atoms with E-state index >= 15 is 0 Å². The van der Waals surface area contributed by atoms with E-state index in [1.807, 2.05) is 4.68 Å². The van der Waals surface area contributed by atoms with Gasteiger partial charge in [0.05, 0.1) is 61.9 Å². The predicted molar refractivity (Wildman–Crippen MR) is 257 cm³/mol. The van der Waals surface area contributed by atoms with E-state index in [0.29, 0.717) is 42.7 Å². The maximum atomic E-state index is 13.8. The molecule has 2 aromatic carbocycles. The fraction of sp³-hybridized carbons (Fsp3) is 0.562. The molecule has 392 valence electrons. The quantitative estimate of drug-likeness (QED) is 0.0190. The van der Waals surface area contributed by atoms with Gasteiger partial charge in [-0.3, -0.25) is 29.3 Å². The zero-order valence-electron chi connectivity index (χ0n) is 40.9. The molecule has 5 atom stereocenters. The van der Waals surface area contributed by atoms with E-state index in [4.69, 9.17) is 29.4 Å². The highest BCUT2D eigenvalue weighted by Crippen LogP contribution is 2.53. The number of primary amides is 1. The van der Waals surface area contributed by atoms with Gasteiger partial charge in [-0.25, -0.2) is 19.1 Å². The second-order valence-electron chi connectivity index (χ2n) is 17.9. The number of nitrogens with one attached hydrogen (secondary N) is 5. The molecule has 72 heavy (non-hydrogen) atoms. The number of rotatable bonds is 29. The van der Waals surface area contributed by atoms with Crippen LogP contribution in [-0.2, 0) is 64.1 Å². The Morgan fingerprint density at radius 1 is 0.861 bits per heavy atom. The molecule has 1 heterocycles. The Bertz CT molecular complexity index is 2310. The number of ether oxygens (including phenoxy) is 5. The molecule has 1 saturated carbocycles. The SMILES string of the molecule is CNC(=O)CCOCCNC(=O)OCC1C2CCc3nnn(CCOCCC(=O)N[C@H](C(=O)C[C@@H](CCCNC(N)=O)C(=O)Nc4ccc(COC(=O)Oc5ccc([N+](=O)[O-])cc5)cc4)C(C)C)c3CCC21. The summed E-state index contributed by atoms with van der Waals surface area (Å²) in [5, 5.41) is 33.0. The number of fused-ring (bicyclic) bond motifs is 2. The number of carbonyl (C=O) groups is 7. The molecule has 1 aromatic heterocycles. The first-order valence-corrected chi connectivity index (χ1v) is 24.1. The van der Waals surface area contributed by atoms with Gasteiger partial charge in [0.1, 0.15) is 12.4 Å². The van der Waals surface area contributed by atoms with Crippen LogP contribution in [0.4, 0.5) is 25.8 Å². The number of urea groups is 1. The number of anilines is 1. The maximum absolute atomic E-state index is 13.8. The van der Waals surface area contributed by atoms with Gasteiger partial charge in [-0.15, -0.1) is 5.10 Å². The predicted octanol–water partition coefficient (Wildman–Crippen LogP) is 3.73. The van der Waals surface area contributed by atoms with Crippen LogP contribution in [0.1, 0.15) is 75.7 Å². The number of hydrogen-bond acceptors (Lipinski definition) is 16. The summed E-state index contributed by atoms with van der Waals surface area (Å²) in [5.74, 6) is -1.17. The standard InChI is InChI=1S/C48H66N10O14/c1-30(2)44(41(59)27-32(5-4-20-51-46(49)63)45(62)53-33-8-6-31(7-9-33)28-71-48(65)72-35-12-10-34(11-13-35)58(66)67)54-43(61)19-24-69-26-22-57-40-17-15-37-36(14-16-39(40)55-56-57)38(37)29-70-47(64)52-21-25-68-23-18-42(60)50-3/h6-13,30,32,36-38,44H,4-5,14-29H2,1-3H3,(H,50,60)(H,52,64)(H,53,62)(H,54,61)(H3,49,51,63)/t32-,36?,37?,38?,44+/m1/s1. The molecule has 2 aliphatic carbocycles. The van der Waals surface area contributed by atoms with Crippen molar-refractivity contribution in [1.29, 1.82) is 0 Å². The Morgan fingerprint density at radius 2 is 1.56 bits per heavy atom. The largest absolute Gasteiger partial charge is 0.514 e. The molecule has 6 amide bonds. The van der Waals surface area contributed by atoms with Gasteiger partial charge in [0.15, 0.2) is 5.78 Å². The highest BCUT2D eigenvalue weighted by molar-refractivity contribution is 5.97. The number of ketones is 1. The molecule has 5 rings (SSSR count). The number of aryl methyl sites for hydroxylation is 1.